The summed E-state index contributed by atoms with van der Waals surface area (Å²) in [7, 11) is 0. The van der Waals surface area contributed by atoms with Gasteiger partial charge < -0.3 is 4.74 Å². The van der Waals surface area contributed by atoms with Crippen LogP contribution in [0.25, 0.3) is 0 Å². The Morgan fingerprint density at radius 1 is 1.27 bits per heavy atom. The van der Waals surface area contributed by atoms with E-state index in [1.165, 1.54) is 0 Å². The molecule has 2 heteroatoms. The molecule has 0 amide bonds. The first-order valence-electron chi connectivity index (χ1n) is 5.82. The largest absolute Gasteiger partial charge is 0.379 e. The molecule has 0 saturated carbocycles. The maximum Gasteiger partial charge on any atom is 0.0594 e. The number of hydrogen-bond acceptors (Lipinski definition) is 2. The molecule has 0 spiro atoms. The third-order valence-corrected chi connectivity index (χ3v) is 2.42. The summed E-state index contributed by atoms with van der Waals surface area (Å²) in [5.74, 6) is 7.11. The van der Waals surface area contributed by atoms with Crippen LogP contribution in [-0.4, -0.2) is 37.7 Å². The highest BCUT2D eigenvalue weighted by molar-refractivity contribution is 5.11. The number of morpholine rings is 1. The fourth-order valence-electron chi connectivity index (χ4n) is 1.70. The molecule has 1 rings (SSSR count). The van der Waals surface area contributed by atoms with Crippen LogP contribution < -0.4 is 0 Å². The van der Waals surface area contributed by atoms with Crippen LogP contribution in [0.5, 0.6) is 0 Å². The van der Waals surface area contributed by atoms with Crippen molar-refractivity contribution in [1.29, 1.82) is 0 Å². The van der Waals surface area contributed by atoms with E-state index in [0.717, 1.165) is 32.8 Å². The monoisotopic (exact) mass is 209 g/mol. The summed E-state index contributed by atoms with van der Waals surface area (Å²) in [5.41, 5.74) is 0.0988. The molecule has 0 atom stereocenters. The van der Waals surface area contributed by atoms with Crippen molar-refractivity contribution in [1.82, 2.24) is 4.90 Å². The minimum atomic E-state index is 0.0988. The second-order valence-corrected chi connectivity index (χ2v) is 5.20. The average Bonchev–Trinajstić information content (AvgIpc) is 2.16. The maximum absolute atomic E-state index is 5.33. The highest BCUT2D eigenvalue weighted by Gasteiger charge is 2.20. The molecule has 1 aliphatic heterocycles. The van der Waals surface area contributed by atoms with Crippen LogP contribution >= 0.6 is 0 Å². The third-order valence-electron chi connectivity index (χ3n) is 2.42. The van der Waals surface area contributed by atoms with Crippen LogP contribution in [0.1, 0.15) is 27.7 Å². The number of hydrogen-bond donors (Lipinski definition) is 0. The molecular weight excluding hydrogens is 186 g/mol. The summed E-state index contributed by atoms with van der Waals surface area (Å²) in [6.45, 7) is 13.6. The van der Waals surface area contributed by atoms with Gasteiger partial charge in [-0.15, -0.1) is 0 Å². The maximum atomic E-state index is 5.33. The van der Waals surface area contributed by atoms with Crippen LogP contribution in [0, 0.1) is 23.2 Å². The topological polar surface area (TPSA) is 12.5 Å². The molecule has 15 heavy (non-hydrogen) atoms. The second-order valence-electron chi connectivity index (χ2n) is 5.20. The first kappa shape index (κ1) is 12.5. The molecular formula is C13H23NO. The van der Waals surface area contributed by atoms with Crippen molar-refractivity contribution in [3.05, 3.63) is 0 Å². The van der Waals surface area contributed by atoms with Gasteiger partial charge in [-0.05, 0) is 13.8 Å². The van der Waals surface area contributed by atoms with Crippen LogP contribution in [-0.2, 0) is 4.74 Å². The van der Waals surface area contributed by atoms with Crippen LogP contribution in [0.2, 0.25) is 0 Å². The smallest absolute Gasteiger partial charge is 0.0594 e. The second kappa shape index (κ2) is 5.53. The molecule has 0 aromatic rings. The highest BCUT2D eigenvalue weighted by atomic mass is 16.5. The van der Waals surface area contributed by atoms with Crippen LogP contribution in [0.15, 0.2) is 0 Å². The predicted octanol–water partition coefficient (Wildman–Crippen LogP) is 2.00. The van der Waals surface area contributed by atoms with Gasteiger partial charge in [-0.2, -0.15) is 0 Å². The Kier molecular flexibility index (Phi) is 4.63. The van der Waals surface area contributed by atoms with Gasteiger partial charge in [0, 0.05) is 31.0 Å². The lowest BCUT2D eigenvalue weighted by molar-refractivity contribution is 0.0277. The molecule has 0 bridgehead atoms. The van der Waals surface area contributed by atoms with Crippen molar-refractivity contribution in [3.63, 3.8) is 0 Å². The van der Waals surface area contributed by atoms with Gasteiger partial charge in [0.25, 0.3) is 0 Å². The fraction of sp³-hybridized carbons (Fsp3) is 0.846. The van der Waals surface area contributed by atoms with E-state index < -0.39 is 0 Å². The number of nitrogens with zero attached hydrogens (tertiary/aromatic N) is 1. The SMILES string of the molecule is CC(C)C#CC(C)(C)CN1CCOCC1. The molecule has 0 aliphatic carbocycles. The molecule has 0 N–H and O–H groups in total. The standard InChI is InChI=1S/C13H23NO/c1-12(2)5-6-13(3,4)11-14-7-9-15-10-8-14/h12H,7-11H2,1-4H3. The summed E-state index contributed by atoms with van der Waals surface area (Å²) < 4.78 is 5.33. The number of rotatable bonds is 2. The zero-order chi connectivity index (χ0) is 11.3. The molecule has 1 saturated heterocycles. The Balaban J connectivity index is 2.44. The Morgan fingerprint density at radius 3 is 2.40 bits per heavy atom. The molecule has 2 nitrogen and oxygen atoms in total. The molecule has 1 aliphatic rings. The molecule has 0 aromatic heterocycles. The lowest BCUT2D eigenvalue weighted by atomic mass is 9.92. The van der Waals surface area contributed by atoms with Gasteiger partial charge in [0.05, 0.1) is 13.2 Å². The summed E-state index contributed by atoms with van der Waals surface area (Å²) in [4.78, 5) is 2.44. The van der Waals surface area contributed by atoms with E-state index in [2.05, 4.69) is 44.4 Å². The normalized spacial score (nSPS) is 18.7. The van der Waals surface area contributed by atoms with Crippen molar-refractivity contribution in [2.24, 2.45) is 11.3 Å². The van der Waals surface area contributed by atoms with Crippen LogP contribution in [0.4, 0.5) is 0 Å². The van der Waals surface area contributed by atoms with Gasteiger partial charge in [0.1, 0.15) is 0 Å². The molecule has 1 heterocycles. The average molecular weight is 209 g/mol. The zero-order valence-corrected chi connectivity index (χ0v) is 10.5. The molecule has 0 unspecified atom stereocenters. The van der Waals surface area contributed by atoms with Gasteiger partial charge in [-0.3, -0.25) is 4.90 Å². The summed E-state index contributed by atoms with van der Waals surface area (Å²) in [6.07, 6.45) is 0. The third kappa shape index (κ3) is 5.20. The summed E-state index contributed by atoms with van der Waals surface area (Å²) >= 11 is 0. The molecule has 1 fully saturated rings. The van der Waals surface area contributed by atoms with E-state index in [4.69, 9.17) is 4.74 Å². The first-order chi connectivity index (χ1) is 6.99. The first-order valence-corrected chi connectivity index (χ1v) is 5.82. The van der Waals surface area contributed by atoms with Gasteiger partial charge in [-0.1, -0.05) is 25.7 Å². The van der Waals surface area contributed by atoms with E-state index in [0.29, 0.717) is 5.92 Å². The molecule has 0 radical (unpaired) electrons. The summed E-state index contributed by atoms with van der Waals surface area (Å²) in [6, 6.07) is 0. The van der Waals surface area contributed by atoms with E-state index in [1.54, 1.807) is 0 Å². The van der Waals surface area contributed by atoms with Gasteiger partial charge >= 0.3 is 0 Å². The number of ether oxygens (including phenoxy) is 1. The predicted molar refractivity (Wildman–Crippen MR) is 63.7 cm³/mol. The van der Waals surface area contributed by atoms with Gasteiger partial charge in [0.2, 0.25) is 0 Å². The van der Waals surface area contributed by atoms with Crippen molar-refractivity contribution in [2.75, 3.05) is 32.8 Å². The Bertz CT molecular complexity index is 241. The Morgan fingerprint density at radius 2 is 1.87 bits per heavy atom. The fourth-order valence-corrected chi connectivity index (χ4v) is 1.70. The van der Waals surface area contributed by atoms with Gasteiger partial charge in [-0.25, -0.2) is 0 Å². The molecule has 0 aromatic carbocycles. The van der Waals surface area contributed by atoms with Crippen molar-refractivity contribution >= 4 is 0 Å². The van der Waals surface area contributed by atoms with Crippen molar-refractivity contribution in [3.8, 4) is 11.8 Å². The van der Waals surface area contributed by atoms with Gasteiger partial charge in [0.15, 0.2) is 0 Å². The highest BCUT2D eigenvalue weighted by Crippen LogP contribution is 2.16. The van der Waals surface area contributed by atoms with Crippen molar-refractivity contribution < 1.29 is 4.74 Å². The lowest BCUT2D eigenvalue weighted by Crippen LogP contribution is -2.41. The summed E-state index contributed by atoms with van der Waals surface area (Å²) in [5, 5.41) is 0. The van der Waals surface area contributed by atoms with E-state index in [-0.39, 0.29) is 5.41 Å². The Labute approximate surface area is 94.0 Å². The quantitative estimate of drug-likeness (QED) is 0.645. The Hall–Kier alpha value is -0.520. The molecule has 86 valence electrons. The zero-order valence-electron chi connectivity index (χ0n) is 10.5. The minimum Gasteiger partial charge on any atom is -0.379 e. The van der Waals surface area contributed by atoms with E-state index in [1.807, 2.05) is 0 Å². The van der Waals surface area contributed by atoms with Crippen LogP contribution in [0.3, 0.4) is 0 Å². The minimum absolute atomic E-state index is 0.0988. The van der Waals surface area contributed by atoms with E-state index >= 15 is 0 Å². The van der Waals surface area contributed by atoms with E-state index in [9.17, 15) is 0 Å². The van der Waals surface area contributed by atoms with Crippen molar-refractivity contribution in [2.45, 2.75) is 27.7 Å². The lowest BCUT2D eigenvalue weighted by Gasteiger charge is -2.32.